The summed E-state index contributed by atoms with van der Waals surface area (Å²) in [6.45, 7) is 6.34. The Morgan fingerprint density at radius 3 is 2.73 bits per heavy atom. The van der Waals surface area contributed by atoms with Gasteiger partial charge in [0.25, 0.3) is 0 Å². The Hall–Kier alpha value is -3.34. The van der Waals surface area contributed by atoms with Gasteiger partial charge in [-0.15, -0.1) is 11.3 Å². The van der Waals surface area contributed by atoms with Crippen LogP contribution < -0.4 is 20.7 Å². The average Bonchev–Trinajstić information content (AvgIpc) is 3.74. The number of piperazine rings is 1. The van der Waals surface area contributed by atoms with Crippen molar-refractivity contribution >= 4 is 22.3 Å². The number of rotatable bonds is 6. The van der Waals surface area contributed by atoms with Crippen molar-refractivity contribution < 1.29 is 9.26 Å². The Labute approximate surface area is 236 Å². The molecule has 210 valence electrons. The molecule has 2 bridgehead atoms. The van der Waals surface area contributed by atoms with Crippen molar-refractivity contribution in [3.63, 3.8) is 0 Å². The second kappa shape index (κ2) is 9.94. The average molecular weight is 563 g/mol. The minimum Gasteiger partial charge on any atom is -0.463 e. The number of nitriles is 1. The van der Waals surface area contributed by atoms with Crippen molar-refractivity contribution in [1.29, 1.82) is 5.26 Å². The van der Waals surface area contributed by atoms with Crippen LogP contribution in [0.3, 0.4) is 0 Å². The van der Waals surface area contributed by atoms with Gasteiger partial charge in [-0.05, 0) is 59.0 Å². The highest BCUT2D eigenvalue weighted by atomic mass is 32.1. The summed E-state index contributed by atoms with van der Waals surface area (Å²) in [5, 5.41) is 18.4. The second-order valence-electron chi connectivity index (χ2n) is 11.9. The van der Waals surface area contributed by atoms with Crippen LogP contribution in [-0.4, -0.2) is 81.9 Å². The molecule has 3 aliphatic heterocycles. The van der Waals surface area contributed by atoms with E-state index in [-0.39, 0.29) is 11.8 Å². The first-order valence-electron chi connectivity index (χ1n) is 14.1. The van der Waals surface area contributed by atoms with Gasteiger partial charge in [-0.3, -0.25) is 0 Å². The summed E-state index contributed by atoms with van der Waals surface area (Å²) < 4.78 is 12.0. The van der Waals surface area contributed by atoms with E-state index < -0.39 is 5.41 Å². The van der Waals surface area contributed by atoms with E-state index in [4.69, 9.17) is 29.9 Å². The molecule has 6 heterocycles. The summed E-state index contributed by atoms with van der Waals surface area (Å²) in [5.74, 6) is 2.08. The van der Waals surface area contributed by atoms with Crippen LogP contribution in [0.15, 0.2) is 4.52 Å². The third kappa shape index (κ3) is 4.48. The first kappa shape index (κ1) is 25.6. The molecule has 2 unspecified atom stereocenters. The van der Waals surface area contributed by atoms with Crippen LogP contribution >= 0.6 is 11.3 Å². The standard InChI is InChI=1S/C27H34N10O2S/c1-27(8-3-4-19-20(27)18(10-28)21(29)40-19)24-31-23(35-39-24)22-32-25(37-12-16-5-6-17(13-37)30-16)34-26(33-22)38-14-15-7-9-36(2)11-15/h15-17,30H,3-9,11-14,29H2,1-2H3/t15-,16?,17?,27-/m1/s1. The fourth-order valence-electron chi connectivity index (χ4n) is 6.81. The Morgan fingerprint density at radius 2 is 1.98 bits per heavy atom. The van der Waals surface area contributed by atoms with Crippen molar-refractivity contribution in [2.45, 2.75) is 62.9 Å². The molecule has 4 aliphatic rings. The van der Waals surface area contributed by atoms with Gasteiger partial charge in [0, 0.05) is 48.1 Å². The lowest BCUT2D eigenvalue weighted by Crippen LogP contribution is -2.51. The molecule has 13 heteroatoms. The van der Waals surface area contributed by atoms with Crippen molar-refractivity contribution in [3.8, 4) is 23.7 Å². The molecule has 12 nitrogen and oxygen atoms in total. The highest BCUT2D eigenvalue weighted by Crippen LogP contribution is 2.48. The van der Waals surface area contributed by atoms with Crippen LogP contribution in [-0.2, 0) is 11.8 Å². The molecule has 3 fully saturated rings. The number of nitrogens with two attached hydrogens (primary N) is 1. The van der Waals surface area contributed by atoms with E-state index in [0.717, 1.165) is 75.1 Å². The summed E-state index contributed by atoms with van der Waals surface area (Å²) in [4.78, 5) is 24.6. The number of nitrogens with one attached hydrogen (secondary N) is 1. The van der Waals surface area contributed by atoms with Gasteiger partial charge in [-0.2, -0.15) is 25.2 Å². The summed E-state index contributed by atoms with van der Waals surface area (Å²) in [5.41, 5.74) is 7.03. The van der Waals surface area contributed by atoms with Crippen molar-refractivity contribution in [1.82, 2.24) is 35.3 Å². The third-order valence-corrected chi connectivity index (χ3v) is 9.97. The maximum absolute atomic E-state index is 9.85. The number of aryl methyl sites for hydroxylation is 1. The molecule has 0 spiro atoms. The number of hydrogen-bond donors (Lipinski definition) is 2. The maximum Gasteiger partial charge on any atom is 0.321 e. The highest BCUT2D eigenvalue weighted by Gasteiger charge is 2.43. The van der Waals surface area contributed by atoms with Gasteiger partial charge in [0.1, 0.15) is 11.1 Å². The molecule has 3 aromatic heterocycles. The summed E-state index contributed by atoms with van der Waals surface area (Å²) >= 11 is 1.48. The van der Waals surface area contributed by atoms with Crippen molar-refractivity contribution in [3.05, 3.63) is 21.9 Å². The number of nitrogen functional groups attached to an aromatic ring is 1. The van der Waals surface area contributed by atoms with Crippen LogP contribution in [0, 0.1) is 17.2 Å². The number of ether oxygens (including phenoxy) is 1. The first-order chi connectivity index (χ1) is 19.4. The van der Waals surface area contributed by atoms with Gasteiger partial charge in [0.2, 0.25) is 23.5 Å². The zero-order valence-corrected chi connectivity index (χ0v) is 23.7. The zero-order chi connectivity index (χ0) is 27.4. The van der Waals surface area contributed by atoms with E-state index in [2.05, 4.69) is 45.3 Å². The topological polar surface area (TPSA) is 155 Å². The number of hydrogen-bond acceptors (Lipinski definition) is 13. The number of nitrogens with zero attached hydrogens (tertiary/aromatic N) is 8. The minimum atomic E-state index is -0.612. The van der Waals surface area contributed by atoms with Crippen molar-refractivity contribution in [2.75, 3.05) is 50.5 Å². The van der Waals surface area contributed by atoms with Crippen LogP contribution in [0.5, 0.6) is 6.01 Å². The summed E-state index contributed by atoms with van der Waals surface area (Å²) in [6, 6.07) is 3.45. The second-order valence-corrected chi connectivity index (χ2v) is 13.0. The van der Waals surface area contributed by atoms with Gasteiger partial charge in [0.05, 0.1) is 17.6 Å². The molecule has 40 heavy (non-hydrogen) atoms. The van der Waals surface area contributed by atoms with Gasteiger partial charge in [-0.1, -0.05) is 5.16 Å². The lowest BCUT2D eigenvalue weighted by atomic mass is 9.72. The zero-order valence-electron chi connectivity index (χ0n) is 22.9. The minimum absolute atomic E-state index is 0.287. The molecule has 0 saturated carbocycles. The number of anilines is 2. The largest absolute Gasteiger partial charge is 0.463 e. The van der Waals surface area contributed by atoms with Crippen molar-refractivity contribution in [2.24, 2.45) is 5.92 Å². The highest BCUT2D eigenvalue weighted by molar-refractivity contribution is 7.16. The predicted octanol–water partition coefficient (Wildman–Crippen LogP) is 2.35. The van der Waals surface area contributed by atoms with E-state index in [1.807, 2.05) is 0 Å². The van der Waals surface area contributed by atoms with Gasteiger partial charge in [-0.25, -0.2) is 0 Å². The molecular formula is C27H34N10O2S. The van der Waals surface area contributed by atoms with Crippen LogP contribution in [0.4, 0.5) is 10.9 Å². The smallest absolute Gasteiger partial charge is 0.321 e. The van der Waals surface area contributed by atoms with E-state index in [0.29, 0.717) is 52.8 Å². The fraction of sp³-hybridized carbons (Fsp3) is 0.630. The number of fused-ring (bicyclic) bond motifs is 3. The Bertz CT molecular complexity index is 1450. The Morgan fingerprint density at radius 1 is 1.15 bits per heavy atom. The van der Waals surface area contributed by atoms with E-state index in [1.165, 1.54) is 11.3 Å². The van der Waals surface area contributed by atoms with Crippen LogP contribution in [0.2, 0.25) is 0 Å². The molecule has 1 aliphatic carbocycles. The van der Waals surface area contributed by atoms with Gasteiger partial charge in [0.15, 0.2) is 0 Å². The van der Waals surface area contributed by atoms with Crippen LogP contribution in [0.1, 0.15) is 60.9 Å². The predicted molar refractivity (Wildman–Crippen MR) is 149 cm³/mol. The Kier molecular flexibility index (Phi) is 6.36. The monoisotopic (exact) mass is 562 g/mol. The molecule has 0 amide bonds. The number of thiophene rings is 1. The molecule has 4 atom stereocenters. The molecule has 3 N–H and O–H groups in total. The number of aromatic nitrogens is 5. The summed E-state index contributed by atoms with van der Waals surface area (Å²) in [7, 11) is 2.13. The molecular weight excluding hydrogens is 528 g/mol. The third-order valence-electron chi connectivity index (χ3n) is 8.89. The fourth-order valence-corrected chi connectivity index (χ4v) is 8.01. The van der Waals surface area contributed by atoms with E-state index >= 15 is 0 Å². The quantitative estimate of drug-likeness (QED) is 0.453. The van der Waals surface area contributed by atoms with Crippen LogP contribution in [0.25, 0.3) is 11.6 Å². The van der Waals surface area contributed by atoms with E-state index in [1.54, 1.807) is 0 Å². The maximum atomic E-state index is 9.85. The van der Waals surface area contributed by atoms with Gasteiger partial charge < -0.3 is 30.1 Å². The Balaban J connectivity index is 1.22. The first-order valence-corrected chi connectivity index (χ1v) is 15.0. The lowest BCUT2D eigenvalue weighted by Gasteiger charge is -2.32. The molecule has 3 saturated heterocycles. The number of likely N-dealkylation sites (tertiary alicyclic amines) is 1. The molecule has 7 rings (SSSR count). The molecule has 0 radical (unpaired) electrons. The SMILES string of the molecule is CN1CC[C@@H](COc2nc(-c3noc([C@]4(C)CCCc5sc(N)c(C#N)c54)n3)nc(N3CC4CCC(C3)N4)n2)C1. The molecule has 0 aromatic carbocycles. The van der Waals surface area contributed by atoms with E-state index in [9.17, 15) is 5.26 Å². The van der Waals surface area contributed by atoms with Gasteiger partial charge >= 0.3 is 6.01 Å². The lowest BCUT2D eigenvalue weighted by molar-refractivity contribution is 0.231. The summed E-state index contributed by atoms with van der Waals surface area (Å²) in [6.07, 6.45) is 6.02. The normalized spacial score (nSPS) is 28.0. The molecule has 3 aromatic rings.